The molecule has 0 aliphatic carbocycles. The second kappa shape index (κ2) is 9.15. The van der Waals surface area contributed by atoms with Gasteiger partial charge in [-0.05, 0) is 38.5 Å². The zero-order chi connectivity index (χ0) is 16.7. The summed E-state index contributed by atoms with van der Waals surface area (Å²) in [6, 6.07) is 5.31. The van der Waals surface area contributed by atoms with Gasteiger partial charge in [-0.15, -0.1) is 0 Å². The first-order chi connectivity index (χ1) is 11.2. The van der Waals surface area contributed by atoms with E-state index in [1.54, 1.807) is 6.07 Å². The van der Waals surface area contributed by atoms with Gasteiger partial charge in [0, 0.05) is 44.1 Å². The Balaban J connectivity index is 1.89. The lowest BCUT2D eigenvalue weighted by molar-refractivity contribution is -0.141. The van der Waals surface area contributed by atoms with Crippen LogP contribution in [0.1, 0.15) is 32.1 Å². The van der Waals surface area contributed by atoms with Gasteiger partial charge in [0.15, 0.2) is 6.29 Å². The van der Waals surface area contributed by atoms with E-state index in [-0.39, 0.29) is 18.5 Å². The summed E-state index contributed by atoms with van der Waals surface area (Å²) in [5.41, 5.74) is 1.16. The summed E-state index contributed by atoms with van der Waals surface area (Å²) in [5.74, 6) is -0.337. The number of likely N-dealkylation sites (tertiary alicyclic amines) is 1. The molecule has 1 aromatic rings. The maximum Gasteiger partial charge on any atom is 0.186 e. The Hall–Kier alpha value is -1.24. The topological polar surface area (TPSA) is 33.7 Å². The molecule has 1 aliphatic rings. The second-order valence-electron chi connectivity index (χ2n) is 5.62. The molecule has 1 heterocycles. The Morgan fingerprint density at radius 2 is 1.96 bits per heavy atom. The minimum absolute atomic E-state index is 0.276. The summed E-state index contributed by atoms with van der Waals surface area (Å²) in [4.78, 5) is 2.18. The molecule has 0 spiro atoms. The SMILES string of the molecule is CCOC(OCC)c1ccc(NC2CN(CCCF)C2)cc1F. The number of nitrogens with zero attached hydrogens (tertiary/aromatic N) is 1. The highest BCUT2D eigenvalue weighted by molar-refractivity contribution is 5.47. The molecular weight excluding hydrogens is 302 g/mol. The lowest BCUT2D eigenvalue weighted by Gasteiger charge is -2.40. The predicted molar refractivity (Wildman–Crippen MR) is 86.8 cm³/mol. The summed E-state index contributed by atoms with van der Waals surface area (Å²) in [7, 11) is 0. The van der Waals surface area contributed by atoms with Crippen LogP contribution >= 0.6 is 0 Å². The second-order valence-corrected chi connectivity index (χ2v) is 5.62. The number of hydrogen-bond donors (Lipinski definition) is 1. The molecule has 0 radical (unpaired) electrons. The van der Waals surface area contributed by atoms with E-state index in [1.165, 1.54) is 6.07 Å². The minimum atomic E-state index is -0.668. The molecule has 1 fully saturated rings. The van der Waals surface area contributed by atoms with E-state index in [1.807, 2.05) is 19.9 Å². The molecule has 130 valence electrons. The van der Waals surface area contributed by atoms with E-state index in [4.69, 9.17) is 9.47 Å². The molecule has 0 amide bonds. The summed E-state index contributed by atoms with van der Waals surface area (Å²) in [6.07, 6.45) is -0.0920. The molecule has 6 heteroatoms. The first-order valence-corrected chi connectivity index (χ1v) is 8.25. The highest BCUT2D eigenvalue weighted by atomic mass is 19.1. The molecule has 2 rings (SSSR count). The van der Waals surface area contributed by atoms with E-state index in [9.17, 15) is 8.78 Å². The number of alkyl halides is 1. The number of nitrogens with one attached hydrogen (secondary N) is 1. The van der Waals surface area contributed by atoms with Crippen LogP contribution in [0.15, 0.2) is 18.2 Å². The largest absolute Gasteiger partial charge is 0.380 e. The number of hydrogen-bond acceptors (Lipinski definition) is 4. The molecule has 1 aliphatic heterocycles. The van der Waals surface area contributed by atoms with Crippen LogP contribution in [0.5, 0.6) is 0 Å². The predicted octanol–water partition coefficient (Wildman–Crippen LogP) is 3.35. The van der Waals surface area contributed by atoms with Crippen molar-refractivity contribution in [3.63, 3.8) is 0 Å². The van der Waals surface area contributed by atoms with Crippen LogP contribution in [0, 0.1) is 5.82 Å². The number of rotatable bonds is 10. The summed E-state index contributed by atoms with van der Waals surface area (Å²) in [6.45, 7) is 6.86. The Morgan fingerprint density at radius 1 is 1.26 bits per heavy atom. The van der Waals surface area contributed by atoms with Crippen LogP contribution in [-0.2, 0) is 9.47 Å². The monoisotopic (exact) mass is 328 g/mol. The molecule has 0 unspecified atom stereocenters. The number of halogens is 2. The maximum atomic E-state index is 14.3. The van der Waals surface area contributed by atoms with Crippen molar-refractivity contribution < 1.29 is 18.3 Å². The average molecular weight is 328 g/mol. The smallest absolute Gasteiger partial charge is 0.186 e. The van der Waals surface area contributed by atoms with Gasteiger partial charge in [0.2, 0.25) is 0 Å². The van der Waals surface area contributed by atoms with Crippen LogP contribution in [0.25, 0.3) is 0 Å². The van der Waals surface area contributed by atoms with Crippen LogP contribution in [0.2, 0.25) is 0 Å². The van der Waals surface area contributed by atoms with Gasteiger partial charge in [-0.25, -0.2) is 4.39 Å². The van der Waals surface area contributed by atoms with Crippen LogP contribution < -0.4 is 5.32 Å². The van der Waals surface area contributed by atoms with Crippen molar-refractivity contribution in [1.29, 1.82) is 0 Å². The number of ether oxygens (including phenoxy) is 2. The van der Waals surface area contributed by atoms with Gasteiger partial charge < -0.3 is 14.8 Å². The standard InChI is InChI=1S/C17H26F2N2O2/c1-3-22-17(23-4-2)15-7-6-13(10-16(15)19)20-14-11-21(12-14)9-5-8-18/h6-7,10,14,17,20H,3-5,8-9,11-12H2,1-2H3. The van der Waals surface area contributed by atoms with Gasteiger partial charge in [-0.1, -0.05) is 0 Å². The van der Waals surface area contributed by atoms with Crippen LogP contribution in [0.4, 0.5) is 14.5 Å². The van der Waals surface area contributed by atoms with Crippen molar-refractivity contribution in [3.05, 3.63) is 29.6 Å². The lowest BCUT2D eigenvalue weighted by Crippen LogP contribution is -2.54. The molecule has 4 nitrogen and oxygen atoms in total. The zero-order valence-corrected chi connectivity index (χ0v) is 13.9. The highest BCUT2D eigenvalue weighted by Gasteiger charge is 2.26. The molecule has 1 saturated heterocycles. The maximum absolute atomic E-state index is 14.3. The third kappa shape index (κ3) is 5.12. The lowest BCUT2D eigenvalue weighted by atomic mass is 10.1. The van der Waals surface area contributed by atoms with Crippen molar-refractivity contribution >= 4 is 5.69 Å². The van der Waals surface area contributed by atoms with Gasteiger partial charge >= 0.3 is 0 Å². The van der Waals surface area contributed by atoms with E-state index in [0.717, 1.165) is 25.3 Å². The molecule has 0 aromatic heterocycles. The van der Waals surface area contributed by atoms with Crippen LogP contribution in [-0.4, -0.2) is 50.5 Å². The number of anilines is 1. The van der Waals surface area contributed by atoms with Gasteiger partial charge in [-0.3, -0.25) is 9.29 Å². The molecule has 23 heavy (non-hydrogen) atoms. The fraction of sp³-hybridized carbons (Fsp3) is 0.647. The summed E-state index contributed by atoms with van der Waals surface area (Å²) >= 11 is 0. The Bertz CT molecular complexity index is 476. The fourth-order valence-corrected chi connectivity index (χ4v) is 2.70. The molecule has 1 N–H and O–H groups in total. The quantitative estimate of drug-likeness (QED) is 0.668. The van der Waals surface area contributed by atoms with Gasteiger partial charge in [-0.2, -0.15) is 0 Å². The van der Waals surface area contributed by atoms with Crippen molar-refractivity contribution in [2.75, 3.05) is 44.8 Å². The first kappa shape index (κ1) is 18.1. The summed E-state index contributed by atoms with van der Waals surface area (Å²) < 4.78 is 37.3. The van der Waals surface area contributed by atoms with Crippen molar-refractivity contribution in [2.24, 2.45) is 0 Å². The first-order valence-electron chi connectivity index (χ1n) is 8.25. The van der Waals surface area contributed by atoms with E-state index in [0.29, 0.717) is 25.2 Å². The molecule has 0 atom stereocenters. The molecule has 1 aromatic carbocycles. The van der Waals surface area contributed by atoms with E-state index in [2.05, 4.69) is 10.2 Å². The Kier molecular flexibility index (Phi) is 7.20. The van der Waals surface area contributed by atoms with Crippen molar-refractivity contribution in [3.8, 4) is 0 Å². The van der Waals surface area contributed by atoms with Gasteiger partial charge in [0.25, 0.3) is 0 Å². The Labute approximate surface area is 136 Å². The molecular formula is C17H26F2N2O2. The average Bonchev–Trinajstić information content (AvgIpc) is 2.49. The fourth-order valence-electron chi connectivity index (χ4n) is 2.70. The van der Waals surface area contributed by atoms with Crippen LogP contribution in [0.3, 0.4) is 0 Å². The normalized spacial score (nSPS) is 15.9. The zero-order valence-electron chi connectivity index (χ0n) is 13.9. The number of benzene rings is 1. The van der Waals surface area contributed by atoms with Gasteiger partial charge in [0.1, 0.15) is 5.82 Å². The minimum Gasteiger partial charge on any atom is -0.380 e. The van der Waals surface area contributed by atoms with Crippen molar-refractivity contribution in [2.45, 2.75) is 32.6 Å². The third-order valence-electron chi connectivity index (χ3n) is 3.83. The highest BCUT2D eigenvalue weighted by Crippen LogP contribution is 2.25. The van der Waals surface area contributed by atoms with Gasteiger partial charge in [0.05, 0.1) is 12.7 Å². The van der Waals surface area contributed by atoms with E-state index >= 15 is 0 Å². The van der Waals surface area contributed by atoms with E-state index < -0.39 is 6.29 Å². The molecule has 0 saturated carbocycles. The Morgan fingerprint density at radius 3 is 2.52 bits per heavy atom. The van der Waals surface area contributed by atoms with Crippen molar-refractivity contribution in [1.82, 2.24) is 4.90 Å². The summed E-state index contributed by atoms with van der Waals surface area (Å²) in [5, 5.41) is 3.30. The third-order valence-corrected chi connectivity index (χ3v) is 3.83. The molecule has 0 bridgehead atoms.